The highest BCUT2D eigenvalue weighted by Gasteiger charge is 2.25. The molecule has 1 N–H and O–H groups in total. The van der Waals surface area contributed by atoms with Crippen LogP contribution in [0, 0.1) is 18.3 Å². The van der Waals surface area contributed by atoms with Crippen LogP contribution in [0.5, 0.6) is 5.88 Å². The maximum absolute atomic E-state index is 13.0. The number of hydrogen-bond acceptors (Lipinski definition) is 9. The Morgan fingerprint density at radius 2 is 2.03 bits per heavy atom. The van der Waals surface area contributed by atoms with Gasteiger partial charge in [-0.1, -0.05) is 6.07 Å². The van der Waals surface area contributed by atoms with Crippen LogP contribution in [0.4, 0.5) is 5.82 Å². The Hall–Kier alpha value is -4.43. The number of ether oxygens (including phenoxy) is 2. The number of hydrogen-bond donors (Lipinski definition) is 1. The summed E-state index contributed by atoms with van der Waals surface area (Å²) in [5.41, 5.74) is 1.80. The molecule has 0 bridgehead atoms. The molecule has 4 rings (SSSR count). The smallest absolute Gasteiger partial charge is 0.269 e. The van der Waals surface area contributed by atoms with E-state index in [1.54, 1.807) is 29.2 Å². The van der Waals surface area contributed by atoms with Crippen LogP contribution >= 0.6 is 0 Å². The minimum atomic E-state index is -1.03. The number of aryl methyl sites for hydroxylation is 1. The summed E-state index contributed by atoms with van der Waals surface area (Å²) in [4.78, 5) is 30.0. The summed E-state index contributed by atoms with van der Waals surface area (Å²) in [6, 6.07) is 8.85. The number of nitrogens with one attached hydrogen (secondary N) is 1. The summed E-state index contributed by atoms with van der Waals surface area (Å²) in [5, 5.41) is 16.5. The fraction of sp³-hybridized carbons (Fsp3) is 0.261. The molecule has 0 saturated heterocycles. The van der Waals surface area contributed by atoms with Crippen molar-refractivity contribution in [3.8, 4) is 17.8 Å². The van der Waals surface area contributed by atoms with E-state index in [9.17, 15) is 4.79 Å². The fourth-order valence-corrected chi connectivity index (χ4v) is 3.09. The number of carbonyl (C=O) groups is 1. The first-order valence-electron chi connectivity index (χ1n) is 10.5. The Labute approximate surface area is 195 Å². The topological polar surface area (TPSA) is 141 Å². The summed E-state index contributed by atoms with van der Waals surface area (Å²) in [5.74, 6) is 0.627. The second-order valence-electron chi connectivity index (χ2n) is 7.64. The average Bonchev–Trinajstić information content (AvgIpc) is 3.27. The van der Waals surface area contributed by atoms with Gasteiger partial charge in [0.25, 0.3) is 5.91 Å². The van der Waals surface area contributed by atoms with E-state index >= 15 is 0 Å². The number of carbonyl (C=O) groups excluding carboxylic acids is 1. The highest BCUT2D eigenvalue weighted by Crippen LogP contribution is 2.25. The van der Waals surface area contributed by atoms with Gasteiger partial charge in [-0.05, 0) is 44.5 Å². The second-order valence-corrected chi connectivity index (χ2v) is 7.64. The molecule has 0 unspecified atom stereocenters. The molecule has 1 atom stereocenters. The zero-order chi connectivity index (χ0) is 24.1. The lowest BCUT2D eigenvalue weighted by Gasteiger charge is -2.19. The van der Waals surface area contributed by atoms with Crippen molar-refractivity contribution >= 4 is 22.8 Å². The molecule has 34 heavy (non-hydrogen) atoms. The molecule has 0 aromatic carbocycles. The molecule has 1 amide bonds. The number of aromatic nitrogens is 6. The van der Waals surface area contributed by atoms with E-state index < -0.39 is 12.0 Å². The summed E-state index contributed by atoms with van der Waals surface area (Å²) in [6.07, 6.45) is 4.81. The predicted octanol–water partition coefficient (Wildman–Crippen LogP) is 2.60. The van der Waals surface area contributed by atoms with Crippen molar-refractivity contribution < 1.29 is 14.3 Å². The number of amides is 1. The number of nitriles is 1. The third-order valence-corrected chi connectivity index (χ3v) is 4.78. The van der Waals surface area contributed by atoms with Gasteiger partial charge in [-0.3, -0.25) is 4.79 Å². The maximum atomic E-state index is 13.0. The van der Waals surface area contributed by atoms with Crippen LogP contribution < -0.4 is 10.1 Å². The van der Waals surface area contributed by atoms with Crippen molar-refractivity contribution in [1.82, 2.24) is 29.7 Å². The monoisotopic (exact) mass is 458 g/mol. The SMILES string of the molecule is Cc1cccnc1-n1ncc2c(O[C@@H](COC(C)C)C(=O)Nc3ccc(C#N)cn3)ncnc21. The van der Waals surface area contributed by atoms with Gasteiger partial charge in [-0.15, -0.1) is 0 Å². The molecule has 11 nitrogen and oxygen atoms in total. The number of rotatable bonds is 8. The highest BCUT2D eigenvalue weighted by atomic mass is 16.5. The van der Waals surface area contributed by atoms with Crippen molar-refractivity contribution in [3.05, 3.63) is 60.3 Å². The summed E-state index contributed by atoms with van der Waals surface area (Å²) in [6.45, 7) is 5.63. The molecule has 0 aliphatic heterocycles. The van der Waals surface area contributed by atoms with Crippen LogP contribution in [-0.4, -0.2) is 54.4 Å². The first-order valence-corrected chi connectivity index (χ1v) is 10.5. The van der Waals surface area contributed by atoms with E-state index in [0.717, 1.165) is 5.56 Å². The molecule has 4 aromatic heterocycles. The van der Waals surface area contributed by atoms with Crippen LogP contribution in [0.15, 0.2) is 49.2 Å². The molecular weight excluding hydrogens is 436 g/mol. The molecule has 4 aromatic rings. The highest BCUT2D eigenvalue weighted by molar-refractivity contribution is 5.94. The van der Waals surface area contributed by atoms with E-state index in [2.05, 4.69) is 30.4 Å². The molecule has 0 aliphatic carbocycles. The third-order valence-electron chi connectivity index (χ3n) is 4.78. The van der Waals surface area contributed by atoms with Gasteiger partial charge in [-0.25, -0.2) is 19.9 Å². The predicted molar refractivity (Wildman–Crippen MR) is 122 cm³/mol. The largest absolute Gasteiger partial charge is 0.461 e. The first kappa shape index (κ1) is 22.8. The quantitative estimate of drug-likeness (QED) is 0.422. The van der Waals surface area contributed by atoms with Crippen LogP contribution in [0.1, 0.15) is 25.0 Å². The lowest BCUT2D eigenvalue weighted by atomic mass is 10.3. The third kappa shape index (κ3) is 4.97. The zero-order valence-electron chi connectivity index (χ0n) is 18.8. The van der Waals surface area contributed by atoms with Crippen LogP contribution in [0.25, 0.3) is 16.9 Å². The van der Waals surface area contributed by atoms with Crippen molar-refractivity contribution in [1.29, 1.82) is 5.26 Å². The molecular formula is C23H22N8O3. The van der Waals surface area contributed by atoms with Crippen LogP contribution in [0.3, 0.4) is 0 Å². The van der Waals surface area contributed by atoms with E-state index in [4.69, 9.17) is 14.7 Å². The number of pyridine rings is 2. The zero-order valence-corrected chi connectivity index (χ0v) is 18.8. The second kappa shape index (κ2) is 10.0. The number of anilines is 1. The van der Waals surface area contributed by atoms with Gasteiger partial charge in [-0.2, -0.15) is 15.0 Å². The van der Waals surface area contributed by atoms with E-state index in [-0.39, 0.29) is 24.4 Å². The van der Waals surface area contributed by atoms with Crippen LogP contribution in [-0.2, 0) is 9.53 Å². The summed E-state index contributed by atoms with van der Waals surface area (Å²) >= 11 is 0. The first-order chi connectivity index (χ1) is 16.5. The van der Waals surface area contributed by atoms with Crippen molar-refractivity contribution in [2.75, 3.05) is 11.9 Å². The molecule has 0 spiro atoms. The standard InChI is InChI=1S/C23H22N8O3/c1-14(2)33-12-18(22(32)30-19-7-6-16(9-24)10-26-19)34-23-17-11-29-31(21(17)27-13-28-23)20-15(3)5-4-8-25-20/h4-8,10-11,13-14,18H,12H2,1-3H3,(H,26,30,32)/t18-/m0/s1. The molecule has 0 saturated carbocycles. The van der Waals surface area contributed by atoms with Gasteiger partial charge in [0.15, 0.2) is 11.5 Å². The van der Waals surface area contributed by atoms with Gasteiger partial charge in [0.1, 0.15) is 23.6 Å². The minimum Gasteiger partial charge on any atom is -0.461 e. The summed E-state index contributed by atoms with van der Waals surface area (Å²) < 4.78 is 13.2. The Morgan fingerprint density at radius 3 is 2.74 bits per heavy atom. The van der Waals surface area contributed by atoms with Crippen LogP contribution in [0.2, 0.25) is 0 Å². The Morgan fingerprint density at radius 1 is 1.18 bits per heavy atom. The van der Waals surface area contributed by atoms with E-state index in [1.807, 2.05) is 39.0 Å². The van der Waals surface area contributed by atoms with Crippen molar-refractivity contribution in [3.63, 3.8) is 0 Å². The van der Waals surface area contributed by atoms with Gasteiger partial charge < -0.3 is 14.8 Å². The van der Waals surface area contributed by atoms with Gasteiger partial charge >= 0.3 is 0 Å². The molecule has 4 heterocycles. The van der Waals surface area contributed by atoms with Gasteiger partial charge in [0.05, 0.1) is 24.5 Å². The normalized spacial score (nSPS) is 11.9. The van der Waals surface area contributed by atoms with Gasteiger partial charge in [0.2, 0.25) is 12.0 Å². The number of fused-ring (bicyclic) bond motifs is 1. The molecule has 0 radical (unpaired) electrons. The average molecular weight is 458 g/mol. The lowest BCUT2D eigenvalue weighted by molar-refractivity contribution is -0.126. The van der Waals surface area contributed by atoms with Crippen molar-refractivity contribution in [2.24, 2.45) is 0 Å². The van der Waals surface area contributed by atoms with Gasteiger partial charge in [0, 0.05) is 12.4 Å². The summed E-state index contributed by atoms with van der Waals surface area (Å²) in [7, 11) is 0. The van der Waals surface area contributed by atoms with Crippen molar-refractivity contribution in [2.45, 2.75) is 33.0 Å². The van der Waals surface area contributed by atoms with E-state index in [1.165, 1.54) is 12.5 Å². The molecule has 172 valence electrons. The Bertz CT molecular complexity index is 1340. The molecule has 0 aliphatic rings. The lowest BCUT2D eigenvalue weighted by Crippen LogP contribution is -2.38. The number of nitrogens with zero attached hydrogens (tertiary/aromatic N) is 7. The Balaban J connectivity index is 1.62. The van der Waals surface area contributed by atoms with E-state index in [0.29, 0.717) is 22.4 Å². The fourth-order valence-electron chi connectivity index (χ4n) is 3.09. The molecule has 11 heteroatoms. The Kier molecular flexibility index (Phi) is 6.70. The maximum Gasteiger partial charge on any atom is 0.269 e. The molecule has 0 fully saturated rings. The minimum absolute atomic E-state index is 0.0151.